The van der Waals surface area contributed by atoms with Crippen LogP contribution in [0.15, 0.2) is 73.9 Å². The van der Waals surface area contributed by atoms with E-state index in [-0.39, 0.29) is 0 Å². The van der Waals surface area contributed by atoms with Gasteiger partial charge in [-0.05, 0) is 132 Å². The van der Waals surface area contributed by atoms with Gasteiger partial charge >= 0.3 is 0 Å². The minimum absolute atomic E-state index is 0.463. The largest absolute Gasteiger partial charge is 0.106 e. The molecule has 0 aliphatic heterocycles. The monoisotopic (exact) mass is 739 g/mol. The van der Waals surface area contributed by atoms with Gasteiger partial charge in [0, 0.05) is 0 Å². The minimum Gasteiger partial charge on any atom is -0.106 e. The van der Waals surface area contributed by atoms with Crippen LogP contribution in [0.25, 0.3) is 0 Å². The zero-order chi connectivity index (χ0) is 41.9. The van der Waals surface area contributed by atoms with Gasteiger partial charge in [-0.3, -0.25) is 0 Å². The lowest BCUT2D eigenvalue weighted by molar-refractivity contribution is 0.180. The molecule has 0 nitrogen and oxygen atoms in total. The van der Waals surface area contributed by atoms with Gasteiger partial charge in [0.2, 0.25) is 0 Å². The number of hydrogen-bond acceptors (Lipinski definition) is 0. The van der Waals surface area contributed by atoms with Crippen molar-refractivity contribution in [2.24, 2.45) is 47.3 Å². The Labute approximate surface area is 339 Å². The molecule has 0 saturated carbocycles. The van der Waals surface area contributed by atoms with Crippen LogP contribution in [0.5, 0.6) is 0 Å². The molecule has 8 atom stereocenters. The zero-order valence-corrected chi connectivity index (χ0v) is 39.5. The third-order valence-electron chi connectivity index (χ3n) is 11.0. The Morgan fingerprint density at radius 1 is 0.509 bits per heavy atom. The fourth-order valence-corrected chi connectivity index (χ4v) is 8.08. The molecule has 0 rings (SSSR count). The average Bonchev–Trinajstić information content (AvgIpc) is 3.09. The van der Waals surface area contributed by atoms with Crippen LogP contribution in [0.2, 0.25) is 0 Å². The minimum atomic E-state index is 0.463. The van der Waals surface area contributed by atoms with E-state index in [0.29, 0.717) is 23.7 Å². The summed E-state index contributed by atoms with van der Waals surface area (Å²) in [6, 6.07) is 0. The van der Waals surface area contributed by atoms with Crippen LogP contribution in [-0.4, -0.2) is 0 Å². The number of unbranched alkanes of at least 4 members (excludes halogenated alkanes) is 2. The van der Waals surface area contributed by atoms with Crippen molar-refractivity contribution >= 4 is 0 Å². The molecule has 0 radical (unpaired) electrons. The van der Waals surface area contributed by atoms with Crippen LogP contribution in [-0.2, 0) is 0 Å². The van der Waals surface area contributed by atoms with Crippen molar-refractivity contribution < 1.29 is 0 Å². The van der Waals surface area contributed by atoms with E-state index < -0.39 is 0 Å². The molecule has 0 aromatic carbocycles. The second kappa shape index (κ2) is 38.7. The molecule has 0 heterocycles. The van der Waals surface area contributed by atoms with Crippen molar-refractivity contribution in [3.8, 4) is 0 Å². The summed E-state index contributed by atoms with van der Waals surface area (Å²) in [6.07, 6.45) is 24.0. The van der Waals surface area contributed by atoms with E-state index in [1.54, 1.807) is 0 Å². The Bertz CT molecular complexity index is 899. The molecular formula is C53H102. The van der Waals surface area contributed by atoms with Gasteiger partial charge < -0.3 is 0 Å². The topological polar surface area (TPSA) is 0 Å². The molecule has 0 fully saturated rings. The SMILES string of the molecule is C=C.C=C(C)CCCC(=C)CC(CC(C)C[C@H](C)CCCC[C@@H](C)CC(C)CC)[C@H](CC(=C)C[C@@H](CC(=C)C)C(=C)C)C(C)CCCC.CC.CCC. The third-order valence-corrected chi connectivity index (χ3v) is 11.0. The van der Waals surface area contributed by atoms with Gasteiger partial charge in [-0.2, -0.15) is 0 Å². The van der Waals surface area contributed by atoms with Crippen LogP contribution in [0.1, 0.15) is 219 Å². The van der Waals surface area contributed by atoms with Gasteiger partial charge in [0.05, 0.1) is 0 Å². The lowest BCUT2D eigenvalue weighted by Crippen LogP contribution is -2.26. The predicted octanol–water partition coefficient (Wildman–Crippen LogP) is 19.2. The van der Waals surface area contributed by atoms with Crippen LogP contribution in [0, 0.1) is 47.3 Å². The second-order valence-electron chi connectivity index (χ2n) is 17.7. The molecule has 0 bridgehead atoms. The molecule has 0 aromatic rings. The van der Waals surface area contributed by atoms with Gasteiger partial charge in [0.25, 0.3) is 0 Å². The van der Waals surface area contributed by atoms with E-state index in [4.69, 9.17) is 6.58 Å². The number of allylic oxidation sites excluding steroid dienone is 5. The summed E-state index contributed by atoms with van der Waals surface area (Å²) in [4.78, 5) is 0. The molecule has 0 saturated heterocycles. The maximum absolute atomic E-state index is 4.72. The summed E-state index contributed by atoms with van der Waals surface area (Å²) in [5.74, 6) is 5.81. The van der Waals surface area contributed by atoms with Crippen LogP contribution < -0.4 is 0 Å². The summed E-state index contributed by atoms with van der Waals surface area (Å²) in [7, 11) is 0. The molecular weight excluding hydrogens is 637 g/mol. The van der Waals surface area contributed by atoms with Gasteiger partial charge in [-0.15, -0.1) is 26.3 Å². The van der Waals surface area contributed by atoms with Gasteiger partial charge in [0.1, 0.15) is 0 Å². The first kappa shape index (κ1) is 58.2. The van der Waals surface area contributed by atoms with Crippen molar-refractivity contribution in [2.45, 2.75) is 219 Å². The van der Waals surface area contributed by atoms with E-state index in [0.717, 1.165) is 55.8 Å². The van der Waals surface area contributed by atoms with Crippen LogP contribution in [0.4, 0.5) is 0 Å². The number of hydrogen-bond donors (Lipinski definition) is 0. The molecule has 0 aromatic heterocycles. The standard InChI is InChI=1S/C46H84.C3H8.C2H6.C2H4/c1-16-18-26-43(15)46(33-42(14)31-44(36(7)8)27-35(5)6)45(30-40(12)25-21-22-34(3)4)32-41(13)29-39(11)24-20-19-23-38(10)28-37(9)17-2;1-3-2;2*1-2/h37-39,41,43-46H,3,5,7,12,14,16-33H2,1-2,4,6,8-11,13,15H3;3H2,1-2H3;1-2H3;1-2H2/t37?,38-,39-,41?,43?,44-,45?,46-;;;/m1.../s1. The van der Waals surface area contributed by atoms with E-state index in [2.05, 4.69) is 123 Å². The highest BCUT2D eigenvalue weighted by Gasteiger charge is 2.30. The molecule has 4 unspecified atom stereocenters. The zero-order valence-electron chi connectivity index (χ0n) is 39.5. The fraction of sp³-hybridized carbons (Fsp3) is 0.774. The first-order chi connectivity index (χ1) is 25.0. The summed E-state index contributed by atoms with van der Waals surface area (Å²) < 4.78 is 0. The lowest BCUT2D eigenvalue weighted by Gasteiger charge is -2.36. The van der Waals surface area contributed by atoms with Gasteiger partial charge in [-0.1, -0.05) is 182 Å². The van der Waals surface area contributed by atoms with Gasteiger partial charge in [-0.25, -0.2) is 0 Å². The Balaban J connectivity index is -0.00000159. The highest BCUT2D eigenvalue weighted by atomic mass is 14.3. The maximum atomic E-state index is 4.72. The molecule has 0 heteroatoms. The van der Waals surface area contributed by atoms with Crippen molar-refractivity contribution in [3.63, 3.8) is 0 Å². The van der Waals surface area contributed by atoms with E-state index >= 15 is 0 Å². The van der Waals surface area contributed by atoms with Crippen LogP contribution >= 0.6 is 0 Å². The van der Waals surface area contributed by atoms with Gasteiger partial charge in [0.15, 0.2) is 0 Å². The molecule has 0 aliphatic rings. The molecule has 314 valence electrons. The van der Waals surface area contributed by atoms with Crippen molar-refractivity contribution in [1.29, 1.82) is 0 Å². The predicted molar refractivity (Wildman–Crippen MR) is 252 cm³/mol. The Morgan fingerprint density at radius 2 is 1.02 bits per heavy atom. The third kappa shape index (κ3) is 35.9. The van der Waals surface area contributed by atoms with Crippen molar-refractivity contribution in [1.82, 2.24) is 0 Å². The molecule has 53 heavy (non-hydrogen) atoms. The van der Waals surface area contributed by atoms with E-state index in [1.165, 1.54) is 118 Å². The Kier molecular flexibility index (Phi) is 42.5. The van der Waals surface area contributed by atoms with Crippen LogP contribution in [0.3, 0.4) is 0 Å². The average molecular weight is 739 g/mol. The first-order valence-corrected chi connectivity index (χ1v) is 22.8. The lowest BCUT2D eigenvalue weighted by atomic mass is 9.69. The molecule has 0 amide bonds. The first-order valence-electron chi connectivity index (χ1n) is 22.8. The Morgan fingerprint density at radius 3 is 1.45 bits per heavy atom. The normalized spacial score (nSPS) is 15.2. The number of rotatable bonds is 30. The fourth-order valence-electron chi connectivity index (χ4n) is 8.08. The summed E-state index contributed by atoms with van der Waals surface area (Å²) >= 11 is 0. The molecule has 0 spiro atoms. The van der Waals surface area contributed by atoms with E-state index in [9.17, 15) is 0 Å². The summed E-state index contributed by atoms with van der Waals surface area (Å²) in [6.45, 7) is 60.0. The Hall–Kier alpha value is -1.56. The molecule has 0 N–H and O–H groups in total. The summed E-state index contributed by atoms with van der Waals surface area (Å²) in [5, 5.41) is 0. The second-order valence-corrected chi connectivity index (χ2v) is 17.7. The van der Waals surface area contributed by atoms with E-state index in [1.807, 2.05) is 13.8 Å². The quantitative estimate of drug-likeness (QED) is 0.0508. The summed E-state index contributed by atoms with van der Waals surface area (Å²) in [5.41, 5.74) is 6.69. The van der Waals surface area contributed by atoms with Crippen molar-refractivity contribution in [3.05, 3.63) is 73.9 Å². The smallest absolute Gasteiger partial charge is 0.0135 e. The van der Waals surface area contributed by atoms with Crippen molar-refractivity contribution in [2.75, 3.05) is 0 Å². The molecule has 0 aliphatic carbocycles. The maximum Gasteiger partial charge on any atom is -0.0135 e. The highest BCUT2D eigenvalue weighted by Crippen LogP contribution is 2.41. The highest BCUT2D eigenvalue weighted by molar-refractivity contribution is 5.11.